The molecule has 0 saturated carbocycles. The highest BCUT2D eigenvalue weighted by Gasteiger charge is 2.11. The number of anilines is 2. The fourth-order valence-electron chi connectivity index (χ4n) is 1.60. The molecule has 0 aliphatic heterocycles. The van der Waals surface area contributed by atoms with Crippen molar-refractivity contribution in [3.05, 3.63) is 62.6 Å². The molecule has 22 heavy (non-hydrogen) atoms. The Hall–Kier alpha value is -2.13. The van der Waals surface area contributed by atoms with E-state index < -0.39 is 16.6 Å². The van der Waals surface area contributed by atoms with Crippen LogP contribution in [0.4, 0.5) is 25.8 Å². The number of rotatable bonds is 3. The van der Waals surface area contributed by atoms with Crippen LogP contribution in [0.3, 0.4) is 0 Å². The molecule has 0 saturated heterocycles. The summed E-state index contributed by atoms with van der Waals surface area (Å²) in [5.41, 5.74) is 0.416. The summed E-state index contributed by atoms with van der Waals surface area (Å²) in [5.74, 6) is -1.52. The molecule has 0 aromatic heterocycles. The summed E-state index contributed by atoms with van der Waals surface area (Å²) in [7, 11) is 0. The lowest BCUT2D eigenvalue weighted by Gasteiger charge is -2.12. The Labute approximate surface area is 137 Å². The van der Waals surface area contributed by atoms with Crippen molar-refractivity contribution in [3.8, 4) is 0 Å². The van der Waals surface area contributed by atoms with E-state index in [1.165, 1.54) is 24.3 Å². The molecule has 0 aliphatic rings. The Balaban J connectivity index is 2.09. The maximum Gasteiger partial charge on any atom is 0.269 e. The van der Waals surface area contributed by atoms with E-state index >= 15 is 0 Å². The molecule has 0 fully saturated rings. The standard InChI is InChI=1S/C13H8BrF2N3O2S/c14-10-5-7(15)6-11(16)12(10)18-13(22)17-8-1-3-9(4-2-8)19(20)21/h1-6H,(H2,17,18,22). The van der Waals surface area contributed by atoms with Crippen LogP contribution in [0.2, 0.25) is 0 Å². The smallest absolute Gasteiger partial charge is 0.269 e. The third-order valence-corrected chi connectivity index (χ3v) is 3.41. The highest BCUT2D eigenvalue weighted by atomic mass is 79.9. The molecular weight excluding hydrogens is 380 g/mol. The summed E-state index contributed by atoms with van der Waals surface area (Å²) in [6.07, 6.45) is 0. The second kappa shape index (κ2) is 6.75. The molecule has 5 nitrogen and oxygen atoms in total. The molecule has 2 N–H and O–H groups in total. The van der Waals surface area contributed by atoms with Crippen LogP contribution in [0.5, 0.6) is 0 Å². The monoisotopic (exact) mass is 387 g/mol. The second-order valence-corrected chi connectivity index (χ2v) is 5.39. The first kappa shape index (κ1) is 16.2. The van der Waals surface area contributed by atoms with Crippen LogP contribution in [-0.4, -0.2) is 10.0 Å². The van der Waals surface area contributed by atoms with Crippen LogP contribution >= 0.6 is 28.1 Å². The molecular formula is C13H8BrF2N3O2S. The summed E-state index contributed by atoms with van der Waals surface area (Å²) in [6, 6.07) is 7.35. The van der Waals surface area contributed by atoms with Gasteiger partial charge in [0, 0.05) is 28.4 Å². The van der Waals surface area contributed by atoms with Gasteiger partial charge < -0.3 is 10.6 Å². The lowest BCUT2D eigenvalue weighted by molar-refractivity contribution is -0.384. The van der Waals surface area contributed by atoms with Gasteiger partial charge in [-0.3, -0.25) is 10.1 Å². The number of benzene rings is 2. The molecule has 0 aliphatic carbocycles. The average molecular weight is 388 g/mol. The predicted octanol–water partition coefficient (Wildman–Crippen LogP) is 4.44. The Bertz CT molecular complexity index is 718. The Morgan fingerprint density at radius 2 is 1.82 bits per heavy atom. The van der Waals surface area contributed by atoms with E-state index in [4.69, 9.17) is 12.2 Å². The number of hydrogen-bond donors (Lipinski definition) is 2. The van der Waals surface area contributed by atoms with Crippen molar-refractivity contribution in [2.75, 3.05) is 10.6 Å². The van der Waals surface area contributed by atoms with Gasteiger partial charge in [-0.2, -0.15) is 0 Å². The molecule has 114 valence electrons. The van der Waals surface area contributed by atoms with Gasteiger partial charge in [-0.15, -0.1) is 0 Å². The number of thiocarbonyl (C=S) groups is 1. The lowest BCUT2D eigenvalue weighted by atomic mass is 10.3. The minimum Gasteiger partial charge on any atom is -0.332 e. The van der Waals surface area contributed by atoms with E-state index in [-0.39, 0.29) is 21.0 Å². The van der Waals surface area contributed by atoms with Crippen molar-refractivity contribution in [2.24, 2.45) is 0 Å². The van der Waals surface area contributed by atoms with Gasteiger partial charge in [0.25, 0.3) is 5.69 Å². The third-order valence-electron chi connectivity index (χ3n) is 2.58. The summed E-state index contributed by atoms with van der Waals surface area (Å²) >= 11 is 8.05. The summed E-state index contributed by atoms with van der Waals surface area (Å²) in [4.78, 5) is 10.0. The minimum absolute atomic E-state index is 0.0131. The van der Waals surface area contributed by atoms with Crippen LogP contribution < -0.4 is 10.6 Å². The zero-order valence-electron chi connectivity index (χ0n) is 10.8. The van der Waals surface area contributed by atoms with Gasteiger partial charge in [-0.05, 0) is 46.3 Å². The van der Waals surface area contributed by atoms with E-state index in [0.29, 0.717) is 5.69 Å². The Kier molecular flexibility index (Phi) is 4.99. The molecule has 0 radical (unpaired) electrons. The van der Waals surface area contributed by atoms with Gasteiger partial charge in [0.1, 0.15) is 5.82 Å². The summed E-state index contributed by atoms with van der Waals surface area (Å²) in [5, 5.41) is 15.9. The van der Waals surface area contributed by atoms with Crippen LogP contribution in [0, 0.1) is 21.7 Å². The number of nitrogens with one attached hydrogen (secondary N) is 2. The molecule has 0 amide bonds. The number of nitro benzene ring substituents is 1. The Morgan fingerprint density at radius 1 is 1.18 bits per heavy atom. The van der Waals surface area contributed by atoms with Crippen molar-refractivity contribution >= 4 is 50.3 Å². The van der Waals surface area contributed by atoms with Crippen LogP contribution in [-0.2, 0) is 0 Å². The van der Waals surface area contributed by atoms with E-state index in [1.54, 1.807) is 0 Å². The number of nitro groups is 1. The van der Waals surface area contributed by atoms with Gasteiger partial charge in [-0.25, -0.2) is 8.78 Å². The third kappa shape index (κ3) is 3.95. The molecule has 2 aromatic carbocycles. The predicted molar refractivity (Wildman–Crippen MR) is 87.0 cm³/mol. The van der Waals surface area contributed by atoms with Gasteiger partial charge in [0.2, 0.25) is 0 Å². The van der Waals surface area contributed by atoms with Crippen molar-refractivity contribution in [1.82, 2.24) is 0 Å². The largest absolute Gasteiger partial charge is 0.332 e. The fraction of sp³-hybridized carbons (Fsp3) is 0. The maximum atomic E-state index is 13.7. The molecule has 0 bridgehead atoms. The number of non-ortho nitro benzene ring substituents is 1. The topological polar surface area (TPSA) is 67.2 Å². The Morgan fingerprint density at radius 3 is 2.36 bits per heavy atom. The maximum absolute atomic E-state index is 13.7. The van der Waals surface area contributed by atoms with Crippen LogP contribution in [0.1, 0.15) is 0 Å². The first-order valence-corrected chi connectivity index (χ1v) is 7.04. The van der Waals surface area contributed by atoms with Crippen LogP contribution in [0.25, 0.3) is 0 Å². The molecule has 0 atom stereocenters. The average Bonchev–Trinajstić information content (AvgIpc) is 2.43. The molecule has 9 heteroatoms. The van der Waals surface area contributed by atoms with Crippen molar-refractivity contribution in [1.29, 1.82) is 0 Å². The highest BCUT2D eigenvalue weighted by Crippen LogP contribution is 2.27. The molecule has 0 unspecified atom stereocenters. The number of halogens is 3. The zero-order valence-corrected chi connectivity index (χ0v) is 13.2. The normalized spacial score (nSPS) is 10.1. The van der Waals surface area contributed by atoms with Crippen molar-refractivity contribution < 1.29 is 13.7 Å². The lowest BCUT2D eigenvalue weighted by Crippen LogP contribution is -2.20. The molecule has 0 heterocycles. The van der Waals surface area contributed by atoms with Gasteiger partial charge >= 0.3 is 0 Å². The van der Waals surface area contributed by atoms with Crippen molar-refractivity contribution in [3.63, 3.8) is 0 Å². The second-order valence-electron chi connectivity index (χ2n) is 4.13. The van der Waals surface area contributed by atoms with Gasteiger partial charge in [0.15, 0.2) is 10.9 Å². The SMILES string of the molecule is O=[N+]([O-])c1ccc(NC(=S)Nc2c(F)cc(F)cc2Br)cc1. The van der Waals surface area contributed by atoms with E-state index in [0.717, 1.165) is 12.1 Å². The van der Waals surface area contributed by atoms with E-state index in [1.807, 2.05) is 0 Å². The number of hydrogen-bond acceptors (Lipinski definition) is 3. The first-order chi connectivity index (χ1) is 10.4. The molecule has 2 aromatic rings. The van der Waals surface area contributed by atoms with Gasteiger partial charge in [-0.1, -0.05) is 0 Å². The summed E-state index contributed by atoms with van der Waals surface area (Å²) in [6.45, 7) is 0. The molecule has 2 rings (SSSR count). The van der Waals surface area contributed by atoms with Crippen molar-refractivity contribution in [2.45, 2.75) is 0 Å². The summed E-state index contributed by atoms with van der Waals surface area (Å²) < 4.78 is 26.8. The van der Waals surface area contributed by atoms with E-state index in [2.05, 4.69) is 26.6 Å². The van der Waals surface area contributed by atoms with Gasteiger partial charge in [0.05, 0.1) is 10.6 Å². The van der Waals surface area contributed by atoms with Crippen LogP contribution in [0.15, 0.2) is 40.9 Å². The quantitative estimate of drug-likeness (QED) is 0.462. The number of nitrogens with zero attached hydrogens (tertiary/aromatic N) is 1. The fourth-order valence-corrected chi connectivity index (χ4v) is 2.33. The highest BCUT2D eigenvalue weighted by molar-refractivity contribution is 9.10. The van der Waals surface area contributed by atoms with E-state index in [9.17, 15) is 18.9 Å². The minimum atomic E-state index is -0.806. The molecule has 0 spiro atoms. The first-order valence-electron chi connectivity index (χ1n) is 5.84. The zero-order chi connectivity index (χ0) is 16.3.